The van der Waals surface area contributed by atoms with Crippen molar-refractivity contribution in [1.29, 1.82) is 0 Å². The van der Waals surface area contributed by atoms with Gasteiger partial charge in [0, 0.05) is 19.6 Å². The molecular formula is C13H25N3O. The summed E-state index contributed by atoms with van der Waals surface area (Å²) in [7, 11) is 2.18. The van der Waals surface area contributed by atoms with Gasteiger partial charge in [-0.1, -0.05) is 6.92 Å². The Morgan fingerprint density at radius 2 is 2.18 bits per heavy atom. The highest BCUT2D eigenvalue weighted by molar-refractivity contribution is 5.83. The Kier molecular flexibility index (Phi) is 4.40. The second kappa shape index (κ2) is 5.83. The predicted molar refractivity (Wildman–Crippen MR) is 68.9 cm³/mol. The van der Waals surface area contributed by atoms with Crippen LogP contribution in [0.4, 0.5) is 0 Å². The van der Waals surface area contributed by atoms with Crippen molar-refractivity contribution in [3.63, 3.8) is 0 Å². The van der Waals surface area contributed by atoms with Crippen molar-refractivity contribution < 1.29 is 4.79 Å². The molecule has 17 heavy (non-hydrogen) atoms. The van der Waals surface area contributed by atoms with Gasteiger partial charge in [-0.25, -0.2) is 0 Å². The molecule has 0 saturated carbocycles. The molecule has 4 heteroatoms. The third kappa shape index (κ3) is 3.19. The molecule has 98 valence electrons. The van der Waals surface area contributed by atoms with E-state index in [1.165, 1.54) is 19.4 Å². The Morgan fingerprint density at radius 3 is 2.88 bits per heavy atom. The van der Waals surface area contributed by atoms with Crippen LogP contribution in [0, 0.1) is 5.92 Å². The third-order valence-electron chi connectivity index (χ3n) is 3.95. The quantitative estimate of drug-likeness (QED) is 0.778. The van der Waals surface area contributed by atoms with Gasteiger partial charge >= 0.3 is 0 Å². The minimum atomic E-state index is 0.0846. The first-order chi connectivity index (χ1) is 8.20. The Morgan fingerprint density at radius 1 is 1.35 bits per heavy atom. The number of piperidine rings is 1. The summed E-state index contributed by atoms with van der Waals surface area (Å²) in [5, 5.41) is 3.27. The largest absolute Gasteiger partial charge is 0.341 e. The minimum absolute atomic E-state index is 0.0846. The minimum Gasteiger partial charge on any atom is -0.341 e. The van der Waals surface area contributed by atoms with Crippen LogP contribution in [0.2, 0.25) is 0 Å². The average Bonchev–Trinajstić information content (AvgIpc) is 2.62. The van der Waals surface area contributed by atoms with Crippen LogP contribution in [-0.2, 0) is 4.79 Å². The SMILES string of the molecule is CCNC1CCN(CC2CCCN(C)C2)C1=O. The van der Waals surface area contributed by atoms with Gasteiger partial charge < -0.3 is 15.1 Å². The molecular weight excluding hydrogens is 214 g/mol. The normalized spacial score (nSPS) is 31.2. The van der Waals surface area contributed by atoms with Gasteiger partial charge in [0.2, 0.25) is 5.91 Å². The summed E-state index contributed by atoms with van der Waals surface area (Å²) in [5.41, 5.74) is 0. The number of rotatable bonds is 4. The topological polar surface area (TPSA) is 35.6 Å². The molecule has 0 aromatic carbocycles. The molecule has 2 aliphatic heterocycles. The molecule has 0 radical (unpaired) electrons. The van der Waals surface area contributed by atoms with Crippen molar-refractivity contribution in [3.05, 3.63) is 0 Å². The number of hydrogen-bond donors (Lipinski definition) is 1. The number of nitrogens with zero attached hydrogens (tertiary/aromatic N) is 2. The van der Waals surface area contributed by atoms with E-state index >= 15 is 0 Å². The van der Waals surface area contributed by atoms with Gasteiger partial charge in [0.15, 0.2) is 0 Å². The maximum Gasteiger partial charge on any atom is 0.239 e. The fraction of sp³-hybridized carbons (Fsp3) is 0.923. The van der Waals surface area contributed by atoms with E-state index in [1.54, 1.807) is 0 Å². The van der Waals surface area contributed by atoms with E-state index in [0.29, 0.717) is 11.8 Å². The summed E-state index contributed by atoms with van der Waals surface area (Å²) in [6, 6.07) is 0.0846. The number of likely N-dealkylation sites (N-methyl/N-ethyl adjacent to an activating group) is 1. The molecule has 2 unspecified atom stereocenters. The van der Waals surface area contributed by atoms with Gasteiger partial charge in [0.1, 0.15) is 0 Å². The highest BCUT2D eigenvalue weighted by Crippen LogP contribution is 2.19. The lowest BCUT2D eigenvalue weighted by Gasteiger charge is -2.32. The first-order valence-electron chi connectivity index (χ1n) is 6.91. The summed E-state index contributed by atoms with van der Waals surface area (Å²) in [6.45, 7) is 7.21. The van der Waals surface area contributed by atoms with Gasteiger partial charge in [-0.2, -0.15) is 0 Å². The Labute approximate surface area is 104 Å². The zero-order chi connectivity index (χ0) is 12.3. The molecule has 2 rings (SSSR count). The maximum absolute atomic E-state index is 12.1. The summed E-state index contributed by atoms with van der Waals surface area (Å²) < 4.78 is 0. The van der Waals surface area contributed by atoms with Crippen molar-refractivity contribution in [3.8, 4) is 0 Å². The van der Waals surface area contributed by atoms with Gasteiger partial charge in [0.25, 0.3) is 0 Å². The van der Waals surface area contributed by atoms with Crippen LogP contribution in [0.1, 0.15) is 26.2 Å². The highest BCUT2D eigenvalue weighted by Gasteiger charge is 2.32. The smallest absolute Gasteiger partial charge is 0.239 e. The van der Waals surface area contributed by atoms with Crippen molar-refractivity contribution in [2.75, 3.05) is 39.8 Å². The van der Waals surface area contributed by atoms with Gasteiger partial charge in [-0.05, 0) is 45.3 Å². The van der Waals surface area contributed by atoms with Crippen LogP contribution >= 0.6 is 0 Å². The molecule has 0 bridgehead atoms. The first-order valence-corrected chi connectivity index (χ1v) is 6.91. The molecule has 2 aliphatic rings. The van der Waals surface area contributed by atoms with Gasteiger partial charge in [0.05, 0.1) is 6.04 Å². The van der Waals surface area contributed by atoms with Crippen molar-refractivity contribution in [2.24, 2.45) is 5.92 Å². The molecule has 2 atom stereocenters. The lowest BCUT2D eigenvalue weighted by atomic mass is 9.98. The number of amides is 1. The molecule has 0 aliphatic carbocycles. The average molecular weight is 239 g/mol. The van der Waals surface area contributed by atoms with Gasteiger partial charge in [-0.3, -0.25) is 4.79 Å². The summed E-state index contributed by atoms with van der Waals surface area (Å²) >= 11 is 0. The van der Waals surface area contributed by atoms with Crippen LogP contribution in [0.3, 0.4) is 0 Å². The number of nitrogens with one attached hydrogen (secondary N) is 1. The van der Waals surface area contributed by atoms with E-state index < -0.39 is 0 Å². The zero-order valence-electron chi connectivity index (χ0n) is 11.1. The number of carbonyl (C=O) groups is 1. The molecule has 2 heterocycles. The maximum atomic E-state index is 12.1. The van der Waals surface area contributed by atoms with E-state index in [2.05, 4.69) is 29.1 Å². The molecule has 2 fully saturated rings. The molecule has 2 saturated heterocycles. The zero-order valence-corrected chi connectivity index (χ0v) is 11.1. The fourth-order valence-electron chi connectivity index (χ4n) is 3.09. The highest BCUT2D eigenvalue weighted by atomic mass is 16.2. The van der Waals surface area contributed by atoms with E-state index in [1.807, 2.05) is 0 Å². The Hall–Kier alpha value is -0.610. The van der Waals surface area contributed by atoms with Crippen molar-refractivity contribution >= 4 is 5.91 Å². The molecule has 1 N–H and O–H groups in total. The first kappa shape index (κ1) is 12.8. The van der Waals surface area contributed by atoms with Crippen LogP contribution in [0.5, 0.6) is 0 Å². The monoisotopic (exact) mass is 239 g/mol. The van der Waals surface area contributed by atoms with Crippen molar-refractivity contribution in [1.82, 2.24) is 15.1 Å². The van der Waals surface area contributed by atoms with Crippen LogP contribution in [0.15, 0.2) is 0 Å². The third-order valence-corrected chi connectivity index (χ3v) is 3.95. The van der Waals surface area contributed by atoms with E-state index in [9.17, 15) is 4.79 Å². The Bertz CT molecular complexity index is 269. The fourth-order valence-corrected chi connectivity index (χ4v) is 3.09. The second-order valence-corrected chi connectivity index (χ2v) is 5.45. The van der Waals surface area contributed by atoms with E-state index in [4.69, 9.17) is 0 Å². The number of likely N-dealkylation sites (tertiary alicyclic amines) is 2. The predicted octanol–water partition coefficient (Wildman–Crippen LogP) is 0.539. The molecule has 0 spiro atoms. The summed E-state index contributed by atoms with van der Waals surface area (Å²) in [6.07, 6.45) is 3.54. The lowest BCUT2D eigenvalue weighted by Crippen LogP contribution is -2.43. The van der Waals surface area contributed by atoms with Crippen LogP contribution in [0.25, 0.3) is 0 Å². The van der Waals surface area contributed by atoms with Crippen LogP contribution < -0.4 is 5.32 Å². The molecule has 0 aromatic rings. The lowest BCUT2D eigenvalue weighted by molar-refractivity contribution is -0.130. The van der Waals surface area contributed by atoms with Crippen molar-refractivity contribution in [2.45, 2.75) is 32.2 Å². The van der Waals surface area contributed by atoms with E-state index in [-0.39, 0.29) is 6.04 Å². The number of carbonyl (C=O) groups excluding carboxylic acids is 1. The van der Waals surface area contributed by atoms with Crippen LogP contribution in [-0.4, -0.2) is 61.5 Å². The second-order valence-electron chi connectivity index (χ2n) is 5.45. The molecule has 4 nitrogen and oxygen atoms in total. The van der Waals surface area contributed by atoms with Gasteiger partial charge in [-0.15, -0.1) is 0 Å². The standard InChI is InChI=1S/C13H25N3O/c1-3-14-12-6-8-16(13(12)17)10-11-5-4-7-15(2)9-11/h11-12,14H,3-10H2,1-2H3. The molecule has 0 aromatic heterocycles. The Balaban J connectivity index is 1.81. The summed E-state index contributed by atoms with van der Waals surface area (Å²) in [5.74, 6) is 0.998. The van der Waals surface area contributed by atoms with E-state index in [0.717, 1.165) is 32.6 Å². The molecule has 1 amide bonds. The summed E-state index contributed by atoms with van der Waals surface area (Å²) in [4.78, 5) is 16.6. The number of hydrogen-bond acceptors (Lipinski definition) is 3.